The molecular weight excluding hydrogens is 294 g/mol. The Morgan fingerprint density at radius 3 is 2.89 bits per heavy atom. The van der Waals surface area contributed by atoms with Gasteiger partial charge < -0.3 is 10.1 Å². The van der Waals surface area contributed by atoms with E-state index in [2.05, 4.69) is 31.2 Å². The molecule has 0 aliphatic carbocycles. The molecule has 0 bridgehead atoms. The number of rotatable bonds is 4. The zero-order valence-electron chi connectivity index (χ0n) is 10.3. The van der Waals surface area contributed by atoms with Crippen LogP contribution in [0.5, 0.6) is 11.6 Å². The minimum atomic E-state index is 0.470. The van der Waals surface area contributed by atoms with E-state index in [-0.39, 0.29) is 0 Å². The number of halogens is 1. The Kier molecular flexibility index (Phi) is 4.15. The Labute approximate surface area is 115 Å². The maximum absolute atomic E-state index is 5.69. The van der Waals surface area contributed by atoms with Gasteiger partial charge in [-0.05, 0) is 47.5 Å². The molecule has 0 fully saturated rings. The zero-order chi connectivity index (χ0) is 13.0. The van der Waals surface area contributed by atoms with Crippen LogP contribution in [0.25, 0.3) is 0 Å². The van der Waals surface area contributed by atoms with Crippen LogP contribution in [0.4, 0.5) is 5.82 Å². The van der Waals surface area contributed by atoms with Gasteiger partial charge in [0.2, 0.25) is 5.88 Å². The quantitative estimate of drug-likeness (QED) is 0.934. The molecule has 0 atom stereocenters. The van der Waals surface area contributed by atoms with E-state index in [1.54, 1.807) is 12.4 Å². The summed E-state index contributed by atoms with van der Waals surface area (Å²) in [7, 11) is 0. The van der Waals surface area contributed by atoms with Crippen LogP contribution in [-0.4, -0.2) is 16.5 Å². The molecule has 0 radical (unpaired) electrons. The Morgan fingerprint density at radius 2 is 2.17 bits per heavy atom. The Morgan fingerprint density at radius 1 is 1.33 bits per heavy atom. The van der Waals surface area contributed by atoms with Gasteiger partial charge in [0, 0.05) is 6.54 Å². The molecular formula is C13H14BrN3O. The molecule has 18 heavy (non-hydrogen) atoms. The fourth-order valence-electron chi connectivity index (χ4n) is 1.46. The third kappa shape index (κ3) is 3.20. The SMILES string of the molecule is CCNc1cncc(Oc2ccc(C)cc2Br)n1. The van der Waals surface area contributed by atoms with Crippen LogP contribution in [0.15, 0.2) is 35.1 Å². The summed E-state index contributed by atoms with van der Waals surface area (Å²) in [6, 6.07) is 5.89. The van der Waals surface area contributed by atoms with Gasteiger partial charge in [-0.15, -0.1) is 0 Å². The molecule has 2 aromatic rings. The summed E-state index contributed by atoms with van der Waals surface area (Å²) >= 11 is 3.47. The van der Waals surface area contributed by atoms with E-state index < -0.39 is 0 Å². The van der Waals surface area contributed by atoms with E-state index in [9.17, 15) is 0 Å². The predicted molar refractivity (Wildman–Crippen MR) is 75.1 cm³/mol. The monoisotopic (exact) mass is 307 g/mol. The van der Waals surface area contributed by atoms with Crippen molar-refractivity contribution in [3.63, 3.8) is 0 Å². The molecule has 94 valence electrons. The number of aryl methyl sites for hydroxylation is 1. The number of anilines is 1. The third-order valence-electron chi connectivity index (χ3n) is 2.27. The number of aromatic nitrogens is 2. The first kappa shape index (κ1) is 12.8. The van der Waals surface area contributed by atoms with Crippen LogP contribution < -0.4 is 10.1 Å². The van der Waals surface area contributed by atoms with Crippen LogP contribution in [0, 0.1) is 6.92 Å². The third-order valence-corrected chi connectivity index (χ3v) is 2.89. The second-order valence-corrected chi connectivity index (χ2v) is 4.66. The minimum Gasteiger partial charge on any atom is -0.436 e. The van der Waals surface area contributed by atoms with Gasteiger partial charge in [-0.25, -0.2) is 0 Å². The van der Waals surface area contributed by atoms with Crippen LogP contribution in [-0.2, 0) is 0 Å². The van der Waals surface area contributed by atoms with Crippen molar-refractivity contribution in [2.75, 3.05) is 11.9 Å². The maximum atomic E-state index is 5.69. The molecule has 0 saturated heterocycles. The molecule has 1 heterocycles. The normalized spacial score (nSPS) is 10.2. The van der Waals surface area contributed by atoms with Gasteiger partial charge in [-0.3, -0.25) is 4.98 Å². The molecule has 0 spiro atoms. The minimum absolute atomic E-state index is 0.470. The molecule has 0 saturated carbocycles. The highest BCUT2D eigenvalue weighted by Gasteiger charge is 2.05. The Bertz CT molecular complexity index is 546. The predicted octanol–water partition coefficient (Wildman–Crippen LogP) is 3.77. The molecule has 0 unspecified atom stereocenters. The van der Waals surface area contributed by atoms with Crippen molar-refractivity contribution in [3.8, 4) is 11.6 Å². The van der Waals surface area contributed by atoms with Gasteiger partial charge in [0.05, 0.1) is 16.9 Å². The molecule has 0 aliphatic heterocycles. The van der Waals surface area contributed by atoms with E-state index in [1.165, 1.54) is 5.56 Å². The number of hydrogen-bond donors (Lipinski definition) is 1. The molecule has 5 heteroatoms. The van der Waals surface area contributed by atoms with E-state index in [0.717, 1.165) is 16.8 Å². The molecule has 0 amide bonds. The van der Waals surface area contributed by atoms with Crippen molar-refractivity contribution in [2.45, 2.75) is 13.8 Å². The van der Waals surface area contributed by atoms with E-state index in [1.807, 2.05) is 32.0 Å². The summed E-state index contributed by atoms with van der Waals surface area (Å²) < 4.78 is 6.59. The number of nitrogens with zero attached hydrogens (tertiary/aromatic N) is 2. The van der Waals surface area contributed by atoms with Gasteiger partial charge in [0.25, 0.3) is 0 Å². The van der Waals surface area contributed by atoms with Crippen LogP contribution in [0.2, 0.25) is 0 Å². The van der Waals surface area contributed by atoms with Crippen molar-refractivity contribution in [1.82, 2.24) is 9.97 Å². The Balaban J connectivity index is 2.20. The van der Waals surface area contributed by atoms with Crippen LogP contribution in [0.1, 0.15) is 12.5 Å². The number of ether oxygens (including phenoxy) is 1. The lowest BCUT2D eigenvalue weighted by molar-refractivity contribution is 0.458. The lowest BCUT2D eigenvalue weighted by atomic mass is 10.2. The summed E-state index contributed by atoms with van der Waals surface area (Å²) in [5, 5.41) is 3.09. The van der Waals surface area contributed by atoms with Gasteiger partial charge in [-0.1, -0.05) is 6.07 Å². The summed E-state index contributed by atoms with van der Waals surface area (Å²) in [5.74, 6) is 1.90. The largest absolute Gasteiger partial charge is 0.436 e. The highest BCUT2D eigenvalue weighted by atomic mass is 79.9. The fraction of sp³-hybridized carbons (Fsp3) is 0.231. The smallest absolute Gasteiger partial charge is 0.239 e. The lowest BCUT2D eigenvalue weighted by Crippen LogP contribution is -2.00. The first-order valence-electron chi connectivity index (χ1n) is 5.69. The zero-order valence-corrected chi connectivity index (χ0v) is 11.9. The average molecular weight is 308 g/mol. The molecule has 2 rings (SSSR count). The molecule has 1 aromatic heterocycles. The fourth-order valence-corrected chi connectivity index (χ4v) is 2.04. The van der Waals surface area contributed by atoms with E-state index in [0.29, 0.717) is 11.7 Å². The van der Waals surface area contributed by atoms with E-state index >= 15 is 0 Å². The van der Waals surface area contributed by atoms with Gasteiger partial charge in [0.1, 0.15) is 11.6 Å². The van der Waals surface area contributed by atoms with Crippen molar-refractivity contribution in [1.29, 1.82) is 0 Å². The molecule has 4 nitrogen and oxygen atoms in total. The standard InChI is InChI=1S/C13H14BrN3O/c1-3-16-12-7-15-8-13(17-12)18-11-5-4-9(2)6-10(11)14/h4-8H,3H2,1-2H3,(H,16,17). The molecule has 1 N–H and O–H groups in total. The van der Waals surface area contributed by atoms with Gasteiger partial charge in [0.15, 0.2) is 0 Å². The van der Waals surface area contributed by atoms with Crippen molar-refractivity contribution in [3.05, 3.63) is 40.6 Å². The summed E-state index contributed by atoms with van der Waals surface area (Å²) in [4.78, 5) is 8.39. The highest BCUT2D eigenvalue weighted by Crippen LogP contribution is 2.29. The number of benzene rings is 1. The van der Waals surface area contributed by atoms with Crippen LogP contribution in [0.3, 0.4) is 0 Å². The van der Waals surface area contributed by atoms with Gasteiger partial charge >= 0.3 is 0 Å². The van der Waals surface area contributed by atoms with Crippen LogP contribution >= 0.6 is 15.9 Å². The first-order chi connectivity index (χ1) is 8.69. The lowest BCUT2D eigenvalue weighted by Gasteiger charge is -2.08. The van der Waals surface area contributed by atoms with Crippen molar-refractivity contribution >= 4 is 21.7 Å². The molecule has 0 aliphatic rings. The second-order valence-electron chi connectivity index (χ2n) is 3.81. The van der Waals surface area contributed by atoms with Crippen molar-refractivity contribution < 1.29 is 4.74 Å². The highest BCUT2D eigenvalue weighted by molar-refractivity contribution is 9.10. The second kappa shape index (κ2) is 5.82. The van der Waals surface area contributed by atoms with Gasteiger partial charge in [-0.2, -0.15) is 4.98 Å². The Hall–Kier alpha value is -1.62. The summed E-state index contributed by atoms with van der Waals surface area (Å²) in [6.07, 6.45) is 3.26. The first-order valence-corrected chi connectivity index (χ1v) is 6.48. The summed E-state index contributed by atoms with van der Waals surface area (Å²) in [5.41, 5.74) is 1.17. The molecule has 1 aromatic carbocycles. The average Bonchev–Trinajstić information content (AvgIpc) is 2.34. The number of hydrogen-bond acceptors (Lipinski definition) is 4. The van der Waals surface area contributed by atoms with Crippen molar-refractivity contribution in [2.24, 2.45) is 0 Å². The maximum Gasteiger partial charge on any atom is 0.239 e. The summed E-state index contributed by atoms with van der Waals surface area (Å²) in [6.45, 7) is 4.83. The number of nitrogens with one attached hydrogen (secondary N) is 1. The van der Waals surface area contributed by atoms with E-state index in [4.69, 9.17) is 4.74 Å². The topological polar surface area (TPSA) is 47.0 Å².